The van der Waals surface area contributed by atoms with Gasteiger partial charge in [-0.25, -0.2) is 4.98 Å². The zero-order chi connectivity index (χ0) is 13.3. The molecule has 1 aromatic heterocycles. The summed E-state index contributed by atoms with van der Waals surface area (Å²) in [5.41, 5.74) is 7.82. The van der Waals surface area contributed by atoms with E-state index >= 15 is 0 Å². The first-order chi connectivity index (χ1) is 8.52. The molecule has 18 heavy (non-hydrogen) atoms. The summed E-state index contributed by atoms with van der Waals surface area (Å²) < 4.78 is 7.86. The van der Waals surface area contributed by atoms with Crippen LogP contribution in [-0.2, 0) is 6.54 Å². The molecule has 4 heteroatoms. The summed E-state index contributed by atoms with van der Waals surface area (Å²) in [4.78, 5) is 4.58. The van der Waals surface area contributed by atoms with Gasteiger partial charge in [0.25, 0.3) is 0 Å². The molecule has 2 aromatic rings. The van der Waals surface area contributed by atoms with E-state index in [0.29, 0.717) is 12.6 Å². The molecule has 1 heterocycles. The Balaban J connectivity index is 2.52. The van der Waals surface area contributed by atoms with Gasteiger partial charge in [-0.15, -0.1) is 0 Å². The average molecular weight is 247 g/mol. The number of benzene rings is 1. The first-order valence-corrected chi connectivity index (χ1v) is 6.40. The van der Waals surface area contributed by atoms with Crippen molar-refractivity contribution in [3.63, 3.8) is 0 Å². The fourth-order valence-corrected chi connectivity index (χ4v) is 2.19. The average Bonchev–Trinajstić information content (AvgIpc) is 2.65. The number of aromatic nitrogens is 2. The van der Waals surface area contributed by atoms with E-state index in [-0.39, 0.29) is 6.10 Å². The molecule has 2 N–H and O–H groups in total. The van der Waals surface area contributed by atoms with Gasteiger partial charge in [0.05, 0.1) is 23.7 Å². The van der Waals surface area contributed by atoms with Crippen molar-refractivity contribution in [2.24, 2.45) is 5.73 Å². The van der Waals surface area contributed by atoms with E-state index in [4.69, 9.17) is 10.5 Å². The second-order valence-corrected chi connectivity index (χ2v) is 5.01. The highest BCUT2D eigenvalue weighted by Gasteiger charge is 2.12. The molecule has 0 amide bonds. The van der Waals surface area contributed by atoms with E-state index < -0.39 is 0 Å². The summed E-state index contributed by atoms with van der Waals surface area (Å²) in [6, 6.07) is 6.38. The van der Waals surface area contributed by atoms with Crippen LogP contribution in [0.1, 0.15) is 39.6 Å². The largest absolute Gasteiger partial charge is 0.491 e. The van der Waals surface area contributed by atoms with Crippen LogP contribution in [0.25, 0.3) is 11.0 Å². The molecule has 0 atom stereocenters. The van der Waals surface area contributed by atoms with Crippen molar-refractivity contribution < 1.29 is 4.74 Å². The summed E-state index contributed by atoms with van der Waals surface area (Å²) in [7, 11) is 0. The van der Waals surface area contributed by atoms with Gasteiger partial charge in [-0.05, 0) is 39.8 Å². The quantitative estimate of drug-likeness (QED) is 0.903. The molecule has 1 aromatic carbocycles. The van der Waals surface area contributed by atoms with Crippen LogP contribution in [0, 0.1) is 0 Å². The predicted molar refractivity (Wildman–Crippen MR) is 73.8 cm³/mol. The van der Waals surface area contributed by atoms with Crippen LogP contribution in [0.3, 0.4) is 0 Å². The fraction of sp³-hybridized carbons (Fsp3) is 0.500. The zero-order valence-corrected chi connectivity index (χ0v) is 11.5. The monoisotopic (exact) mass is 247 g/mol. The van der Waals surface area contributed by atoms with Crippen molar-refractivity contribution in [1.82, 2.24) is 9.55 Å². The number of nitrogens with zero attached hydrogens (tertiary/aromatic N) is 2. The third kappa shape index (κ3) is 2.34. The molecule has 0 saturated heterocycles. The summed E-state index contributed by atoms with van der Waals surface area (Å²) in [5.74, 6) is 1.77. The maximum Gasteiger partial charge on any atom is 0.123 e. The van der Waals surface area contributed by atoms with Gasteiger partial charge >= 0.3 is 0 Å². The molecule has 4 nitrogen and oxygen atoms in total. The molecule has 0 aliphatic heterocycles. The number of ether oxygens (including phenoxy) is 1. The number of hydrogen-bond donors (Lipinski definition) is 1. The topological polar surface area (TPSA) is 53.1 Å². The van der Waals surface area contributed by atoms with Crippen molar-refractivity contribution in [2.75, 3.05) is 0 Å². The molecule has 0 bridgehead atoms. The van der Waals surface area contributed by atoms with Crippen LogP contribution < -0.4 is 10.5 Å². The van der Waals surface area contributed by atoms with Crippen LogP contribution in [-0.4, -0.2) is 15.7 Å². The second kappa shape index (κ2) is 4.98. The van der Waals surface area contributed by atoms with Gasteiger partial charge in [0, 0.05) is 12.1 Å². The molecule has 0 radical (unpaired) electrons. The summed E-state index contributed by atoms with van der Waals surface area (Å²) >= 11 is 0. The van der Waals surface area contributed by atoms with Gasteiger partial charge in [0.1, 0.15) is 11.6 Å². The van der Waals surface area contributed by atoms with E-state index in [1.807, 2.05) is 26.0 Å². The zero-order valence-electron chi connectivity index (χ0n) is 11.5. The Hall–Kier alpha value is -1.55. The van der Waals surface area contributed by atoms with Crippen LogP contribution >= 0.6 is 0 Å². The Morgan fingerprint density at radius 3 is 2.56 bits per heavy atom. The van der Waals surface area contributed by atoms with Crippen molar-refractivity contribution in [3.8, 4) is 5.75 Å². The number of rotatable bonds is 4. The molecule has 0 aliphatic carbocycles. The van der Waals surface area contributed by atoms with Crippen LogP contribution in [0.15, 0.2) is 18.2 Å². The highest BCUT2D eigenvalue weighted by atomic mass is 16.5. The second-order valence-electron chi connectivity index (χ2n) is 5.01. The molecule has 0 fully saturated rings. The Labute approximate surface area is 108 Å². The molecular weight excluding hydrogens is 226 g/mol. The summed E-state index contributed by atoms with van der Waals surface area (Å²) in [6.07, 6.45) is 0.170. The predicted octanol–water partition coefficient (Wildman–Crippen LogP) is 2.86. The van der Waals surface area contributed by atoms with Crippen LogP contribution in [0.5, 0.6) is 5.75 Å². The lowest BCUT2D eigenvalue weighted by Crippen LogP contribution is -2.10. The first kappa shape index (κ1) is 12.9. The maximum absolute atomic E-state index is 5.76. The highest BCUT2D eigenvalue weighted by molar-refractivity contribution is 5.78. The lowest BCUT2D eigenvalue weighted by molar-refractivity contribution is 0.242. The normalized spacial score (nSPS) is 11.7. The van der Waals surface area contributed by atoms with E-state index in [9.17, 15) is 0 Å². The Kier molecular flexibility index (Phi) is 3.57. The van der Waals surface area contributed by atoms with Crippen molar-refractivity contribution in [3.05, 3.63) is 24.0 Å². The lowest BCUT2D eigenvalue weighted by atomic mass is 10.2. The Morgan fingerprint density at radius 2 is 2.00 bits per heavy atom. The molecule has 2 rings (SSSR count). The van der Waals surface area contributed by atoms with E-state index in [1.165, 1.54) is 0 Å². The van der Waals surface area contributed by atoms with E-state index in [2.05, 4.69) is 29.5 Å². The van der Waals surface area contributed by atoms with Gasteiger partial charge < -0.3 is 15.0 Å². The number of hydrogen-bond acceptors (Lipinski definition) is 3. The summed E-state index contributed by atoms with van der Waals surface area (Å²) in [5, 5.41) is 0. The van der Waals surface area contributed by atoms with E-state index in [1.54, 1.807) is 0 Å². The van der Waals surface area contributed by atoms with E-state index in [0.717, 1.165) is 22.6 Å². The van der Waals surface area contributed by atoms with Gasteiger partial charge in [0.2, 0.25) is 0 Å². The smallest absolute Gasteiger partial charge is 0.123 e. The van der Waals surface area contributed by atoms with Crippen molar-refractivity contribution in [2.45, 2.75) is 46.4 Å². The minimum absolute atomic E-state index is 0.170. The molecule has 0 unspecified atom stereocenters. The molecule has 0 spiro atoms. The highest BCUT2D eigenvalue weighted by Crippen LogP contribution is 2.25. The van der Waals surface area contributed by atoms with Gasteiger partial charge in [0.15, 0.2) is 0 Å². The summed E-state index contributed by atoms with van der Waals surface area (Å²) in [6.45, 7) is 8.76. The van der Waals surface area contributed by atoms with Gasteiger partial charge in [-0.1, -0.05) is 0 Å². The van der Waals surface area contributed by atoms with Gasteiger partial charge in [-0.2, -0.15) is 0 Å². The Bertz CT molecular complexity index is 543. The van der Waals surface area contributed by atoms with Crippen molar-refractivity contribution in [1.29, 1.82) is 0 Å². The van der Waals surface area contributed by atoms with Gasteiger partial charge in [-0.3, -0.25) is 0 Å². The molecule has 98 valence electrons. The molecule has 0 aliphatic rings. The standard InChI is InChI=1S/C14H21N3O/c1-9(2)17-13-6-5-11(18-10(3)4)7-12(13)16-14(17)8-15/h5-7,9-10H,8,15H2,1-4H3. The molecule has 0 saturated carbocycles. The van der Waals surface area contributed by atoms with Crippen molar-refractivity contribution >= 4 is 11.0 Å². The number of nitrogens with two attached hydrogens (primary N) is 1. The van der Waals surface area contributed by atoms with Crippen LogP contribution in [0.2, 0.25) is 0 Å². The number of imidazole rings is 1. The molecular formula is C14H21N3O. The number of fused-ring (bicyclic) bond motifs is 1. The minimum Gasteiger partial charge on any atom is -0.491 e. The first-order valence-electron chi connectivity index (χ1n) is 6.40. The third-order valence-electron chi connectivity index (χ3n) is 2.80. The van der Waals surface area contributed by atoms with Crippen LogP contribution in [0.4, 0.5) is 0 Å². The SMILES string of the molecule is CC(C)Oc1ccc2c(c1)nc(CN)n2C(C)C. The lowest BCUT2D eigenvalue weighted by Gasteiger charge is -2.12. The third-order valence-corrected chi connectivity index (χ3v) is 2.80. The minimum atomic E-state index is 0.170. The fourth-order valence-electron chi connectivity index (χ4n) is 2.19. The maximum atomic E-state index is 5.76. The Morgan fingerprint density at radius 1 is 1.28 bits per heavy atom.